The van der Waals surface area contributed by atoms with Crippen molar-refractivity contribution < 1.29 is 9.59 Å². The third kappa shape index (κ3) is 3.29. The van der Waals surface area contributed by atoms with Crippen molar-refractivity contribution in [3.8, 4) is 0 Å². The molecule has 3 heterocycles. The maximum atomic E-state index is 12.6. The van der Waals surface area contributed by atoms with Gasteiger partial charge in [-0.25, -0.2) is 0 Å². The molecular weight excluding hydrogens is 278 g/mol. The number of carbonyl (C=O) groups is 2. The molecule has 2 fully saturated rings. The maximum Gasteiger partial charge on any atom is 0.272 e. The minimum atomic E-state index is -0.0528. The van der Waals surface area contributed by atoms with Crippen molar-refractivity contribution in [3.05, 3.63) is 29.6 Å². The van der Waals surface area contributed by atoms with Crippen molar-refractivity contribution in [2.45, 2.75) is 38.5 Å². The molecule has 3 rings (SSSR count). The van der Waals surface area contributed by atoms with Crippen molar-refractivity contribution in [2.24, 2.45) is 0 Å². The summed E-state index contributed by atoms with van der Waals surface area (Å²) in [4.78, 5) is 32.9. The van der Waals surface area contributed by atoms with Gasteiger partial charge in [0.05, 0.1) is 0 Å². The quantitative estimate of drug-likeness (QED) is 0.842. The molecule has 5 nitrogen and oxygen atoms in total. The average Bonchev–Trinajstić information content (AvgIpc) is 2.96. The Morgan fingerprint density at radius 1 is 0.818 bits per heavy atom. The largest absolute Gasteiger partial charge is 0.339 e. The van der Waals surface area contributed by atoms with Crippen molar-refractivity contribution in [3.63, 3.8) is 0 Å². The molecule has 2 saturated heterocycles. The molecule has 0 saturated carbocycles. The van der Waals surface area contributed by atoms with Crippen LogP contribution in [-0.4, -0.2) is 52.8 Å². The third-order valence-corrected chi connectivity index (χ3v) is 4.51. The Kier molecular flexibility index (Phi) is 4.71. The van der Waals surface area contributed by atoms with E-state index >= 15 is 0 Å². The Labute approximate surface area is 131 Å². The van der Waals surface area contributed by atoms with Crippen LogP contribution in [0.15, 0.2) is 18.3 Å². The zero-order chi connectivity index (χ0) is 15.4. The number of pyridine rings is 1. The summed E-state index contributed by atoms with van der Waals surface area (Å²) in [5.74, 6) is -0.0252. The molecule has 0 bridgehead atoms. The van der Waals surface area contributed by atoms with Gasteiger partial charge >= 0.3 is 0 Å². The van der Waals surface area contributed by atoms with Crippen molar-refractivity contribution in [2.75, 3.05) is 26.2 Å². The summed E-state index contributed by atoms with van der Waals surface area (Å²) in [7, 11) is 0. The van der Waals surface area contributed by atoms with E-state index < -0.39 is 0 Å². The highest BCUT2D eigenvalue weighted by atomic mass is 16.2. The zero-order valence-electron chi connectivity index (χ0n) is 13.0. The van der Waals surface area contributed by atoms with Crippen LogP contribution in [0.2, 0.25) is 0 Å². The van der Waals surface area contributed by atoms with Crippen LogP contribution in [0.5, 0.6) is 0 Å². The number of hydrogen-bond acceptors (Lipinski definition) is 3. The van der Waals surface area contributed by atoms with Gasteiger partial charge in [0.1, 0.15) is 5.69 Å². The molecule has 2 aliphatic rings. The van der Waals surface area contributed by atoms with Crippen LogP contribution in [-0.2, 0) is 0 Å². The molecule has 0 N–H and O–H groups in total. The Balaban J connectivity index is 1.75. The van der Waals surface area contributed by atoms with Gasteiger partial charge in [0.2, 0.25) is 0 Å². The van der Waals surface area contributed by atoms with Crippen molar-refractivity contribution in [1.29, 1.82) is 0 Å². The van der Waals surface area contributed by atoms with E-state index in [1.165, 1.54) is 12.8 Å². The molecule has 0 atom stereocenters. The predicted molar refractivity (Wildman–Crippen MR) is 83.7 cm³/mol. The van der Waals surface area contributed by atoms with Gasteiger partial charge < -0.3 is 9.80 Å². The van der Waals surface area contributed by atoms with Gasteiger partial charge in [-0.15, -0.1) is 0 Å². The number of amides is 2. The van der Waals surface area contributed by atoms with E-state index in [4.69, 9.17) is 0 Å². The van der Waals surface area contributed by atoms with E-state index in [2.05, 4.69) is 4.98 Å². The molecule has 0 aromatic carbocycles. The first-order valence-corrected chi connectivity index (χ1v) is 8.30. The second-order valence-electron chi connectivity index (χ2n) is 6.14. The fourth-order valence-corrected chi connectivity index (χ4v) is 3.22. The van der Waals surface area contributed by atoms with Crippen LogP contribution in [0.3, 0.4) is 0 Å². The minimum absolute atomic E-state index is 0.0276. The van der Waals surface area contributed by atoms with Gasteiger partial charge in [-0.2, -0.15) is 0 Å². The Bertz CT molecular complexity index is 545. The number of carbonyl (C=O) groups excluding carboxylic acids is 2. The number of nitrogens with zero attached hydrogens (tertiary/aromatic N) is 3. The van der Waals surface area contributed by atoms with E-state index in [9.17, 15) is 9.59 Å². The highest BCUT2D eigenvalue weighted by molar-refractivity contribution is 5.98. The second-order valence-corrected chi connectivity index (χ2v) is 6.14. The fraction of sp³-hybridized carbons (Fsp3) is 0.588. The molecule has 5 heteroatoms. The molecule has 118 valence electrons. The van der Waals surface area contributed by atoms with Crippen LogP contribution in [0, 0.1) is 0 Å². The monoisotopic (exact) mass is 301 g/mol. The smallest absolute Gasteiger partial charge is 0.272 e. The molecule has 1 aromatic rings. The normalized spacial score (nSPS) is 19.1. The molecule has 2 amide bonds. The van der Waals surface area contributed by atoms with Crippen molar-refractivity contribution >= 4 is 11.8 Å². The van der Waals surface area contributed by atoms with E-state index in [1.807, 2.05) is 9.80 Å². The lowest BCUT2D eigenvalue weighted by atomic mass is 10.2. The first kappa shape index (κ1) is 15.0. The van der Waals surface area contributed by atoms with Crippen molar-refractivity contribution in [1.82, 2.24) is 14.8 Å². The summed E-state index contributed by atoms with van der Waals surface area (Å²) in [5, 5.41) is 0. The minimum Gasteiger partial charge on any atom is -0.339 e. The van der Waals surface area contributed by atoms with Gasteiger partial charge in [0.25, 0.3) is 11.8 Å². The standard InChI is InChI=1S/C17H23N3O2/c21-16(19-9-3-1-2-4-10-19)14-7-8-18-15(13-14)17(22)20-11-5-6-12-20/h7-8,13H,1-6,9-12H2. The first-order valence-electron chi connectivity index (χ1n) is 8.30. The van der Waals surface area contributed by atoms with E-state index in [1.54, 1.807) is 18.3 Å². The summed E-state index contributed by atoms with van der Waals surface area (Å²) in [6.07, 6.45) is 8.20. The predicted octanol–water partition coefficient (Wildman–Crippen LogP) is 2.33. The first-order chi connectivity index (χ1) is 10.8. The van der Waals surface area contributed by atoms with Crippen LogP contribution in [0.1, 0.15) is 59.4 Å². The van der Waals surface area contributed by atoms with Crippen LogP contribution >= 0.6 is 0 Å². The Morgan fingerprint density at radius 3 is 2.00 bits per heavy atom. The van der Waals surface area contributed by atoms with Gasteiger partial charge in [-0.3, -0.25) is 14.6 Å². The van der Waals surface area contributed by atoms with Crippen LogP contribution < -0.4 is 0 Å². The molecule has 0 aliphatic carbocycles. The topological polar surface area (TPSA) is 53.5 Å². The summed E-state index contributed by atoms with van der Waals surface area (Å²) < 4.78 is 0. The van der Waals surface area contributed by atoms with E-state index in [0.717, 1.165) is 51.9 Å². The van der Waals surface area contributed by atoms with Gasteiger partial charge in [-0.05, 0) is 37.8 Å². The van der Waals surface area contributed by atoms with Crippen LogP contribution in [0.4, 0.5) is 0 Å². The highest BCUT2D eigenvalue weighted by Gasteiger charge is 2.23. The molecule has 0 unspecified atom stereocenters. The molecule has 0 radical (unpaired) electrons. The summed E-state index contributed by atoms with van der Waals surface area (Å²) in [5.41, 5.74) is 0.974. The Morgan fingerprint density at radius 2 is 1.36 bits per heavy atom. The van der Waals surface area contributed by atoms with Gasteiger partial charge in [0.15, 0.2) is 0 Å². The van der Waals surface area contributed by atoms with Gasteiger partial charge in [0, 0.05) is 37.9 Å². The number of rotatable bonds is 2. The Hall–Kier alpha value is -1.91. The molecule has 1 aromatic heterocycles. The van der Waals surface area contributed by atoms with Gasteiger partial charge in [-0.1, -0.05) is 12.8 Å². The summed E-state index contributed by atoms with van der Waals surface area (Å²) in [6, 6.07) is 3.38. The number of hydrogen-bond donors (Lipinski definition) is 0. The summed E-state index contributed by atoms with van der Waals surface area (Å²) >= 11 is 0. The average molecular weight is 301 g/mol. The highest BCUT2D eigenvalue weighted by Crippen LogP contribution is 2.16. The summed E-state index contributed by atoms with van der Waals surface area (Å²) in [6.45, 7) is 3.22. The molecular formula is C17H23N3O2. The molecule has 0 spiro atoms. The van der Waals surface area contributed by atoms with Crippen LogP contribution in [0.25, 0.3) is 0 Å². The number of aromatic nitrogens is 1. The lowest BCUT2D eigenvalue weighted by Gasteiger charge is -2.20. The fourth-order valence-electron chi connectivity index (χ4n) is 3.22. The lowest BCUT2D eigenvalue weighted by Crippen LogP contribution is -2.32. The molecule has 22 heavy (non-hydrogen) atoms. The lowest BCUT2D eigenvalue weighted by molar-refractivity contribution is 0.0761. The molecule has 2 aliphatic heterocycles. The zero-order valence-corrected chi connectivity index (χ0v) is 13.0. The number of likely N-dealkylation sites (tertiary alicyclic amines) is 2. The van der Waals surface area contributed by atoms with E-state index in [0.29, 0.717) is 11.3 Å². The SMILES string of the molecule is O=C(c1ccnc(C(=O)N2CCCC2)c1)N1CCCCCC1. The third-order valence-electron chi connectivity index (χ3n) is 4.51. The maximum absolute atomic E-state index is 12.6. The van der Waals surface area contributed by atoms with E-state index in [-0.39, 0.29) is 11.8 Å². The second kappa shape index (κ2) is 6.90.